The second kappa shape index (κ2) is 6.57. The van der Waals surface area contributed by atoms with Crippen LogP contribution in [0.1, 0.15) is 42.5 Å². The van der Waals surface area contributed by atoms with E-state index in [1.54, 1.807) is 12.4 Å². The van der Waals surface area contributed by atoms with Crippen LogP contribution in [-0.2, 0) is 6.54 Å². The predicted molar refractivity (Wildman–Crippen MR) is 88.0 cm³/mol. The molecule has 1 aliphatic rings. The van der Waals surface area contributed by atoms with Crippen molar-refractivity contribution in [2.45, 2.75) is 38.8 Å². The smallest absolute Gasteiger partial charge is 0.151 e. The summed E-state index contributed by atoms with van der Waals surface area (Å²) in [6.07, 6.45) is 7.04. The van der Waals surface area contributed by atoms with Crippen molar-refractivity contribution < 1.29 is 9.05 Å². The molecule has 0 radical (unpaired) electrons. The van der Waals surface area contributed by atoms with Gasteiger partial charge in [0.25, 0.3) is 0 Å². The van der Waals surface area contributed by atoms with Gasteiger partial charge in [0.05, 0.1) is 12.6 Å². The van der Waals surface area contributed by atoms with Gasteiger partial charge in [0.15, 0.2) is 5.76 Å². The molecule has 0 saturated carbocycles. The largest absolute Gasteiger partial charge is 0.361 e. The number of aryl methyl sites for hydroxylation is 1. The lowest BCUT2D eigenvalue weighted by Gasteiger charge is -2.33. The summed E-state index contributed by atoms with van der Waals surface area (Å²) < 4.78 is 10.8. The number of hydrogen-bond acceptors (Lipinski definition) is 6. The van der Waals surface area contributed by atoms with Gasteiger partial charge in [-0.15, -0.1) is 0 Å². The molecule has 3 aromatic heterocycles. The number of piperidine rings is 1. The van der Waals surface area contributed by atoms with E-state index < -0.39 is 0 Å². The molecule has 1 fully saturated rings. The van der Waals surface area contributed by atoms with Gasteiger partial charge in [0.1, 0.15) is 17.1 Å². The molecule has 1 saturated heterocycles. The second-order valence-electron chi connectivity index (χ2n) is 6.26. The molecule has 3 aromatic rings. The highest BCUT2D eigenvalue weighted by atomic mass is 16.5. The summed E-state index contributed by atoms with van der Waals surface area (Å²) in [5, 5.41) is 8.39. The standard InChI is InChI=1S/C18H20N4O2/c1-13-9-17(21-23-13)18-6-2-3-8-22(18)12-15-10-16(20-24-15)14-5-4-7-19-11-14/h4-5,7,9-11,18H,2-3,6,8,12H2,1H3/t18-/m1/s1. The molecule has 0 spiro atoms. The highest BCUT2D eigenvalue weighted by Crippen LogP contribution is 2.32. The topological polar surface area (TPSA) is 68.2 Å². The van der Waals surface area contributed by atoms with Gasteiger partial charge in [0.2, 0.25) is 0 Å². The van der Waals surface area contributed by atoms with Gasteiger partial charge >= 0.3 is 0 Å². The Morgan fingerprint density at radius 2 is 2.17 bits per heavy atom. The lowest BCUT2D eigenvalue weighted by Crippen LogP contribution is -2.33. The van der Waals surface area contributed by atoms with Crippen molar-refractivity contribution in [1.29, 1.82) is 0 Å². The van der Waals surface area contributed by atoms with E-state index in [0.29, 0.717) is 0 Å². The average Bonchev–Trinajstić information content (AvgIpc) is 3.25. The van der Waals surface area contributed by atoms with E-state index >= 15 is 0 Å². The summed E-state index contributed by atoms with van der Waals surface area (Å²) in [5.74, 6) is 1.72. The zero-order valence-electron chi connectivity index (χ0n) is 13.7. The summed E-state index contributed by atoms with van der Waals surface area (Å²) in [7, 11) is 0. The Morgan fingerprint density at radius 3 is 2.96 bits per heavy atom. The Kier molecular flexibility index (Phi) is 4.13. The van der Waals surface area contributed by atoms with Gasteiger partial charge < -0.3 is 9.05 Å². The molecule has 0 unspecified atom stereocenters. The molecule has 1 aliphatic heterocycles. The summed E-state index contributed by atoms with van der Waals surface area (Å²) in [4.78, 5) is 6.53. The van der Waals surface area contributed by atoms with Crippen molar-refractivity contribution in [2.75, 3.05) is 6.54 Å². The third kappa shape index (κ3) is 3.10. The van der Waals surface area contributed by atoms with Gasteiger partial charge in [0, 0.05) is 30.1 Å². The maximum absolute atomic E-state index is 5.55. The predicted octanol–water partition coefficient (Wildman–Crippen LogP) is 3.76. The molecule has 0 bridgehead atoms. The van der Waals surface area contributed by atoms with Crippen LogP contribution in [0.15, 0.2) is 45.7 Å². The van der Waals surface area contributed by atoms with E-state index in [1.165, 1.54) is 12.8 Å². The van der Waals surface area contributed by atoms with E-state index in [9.17, 15) is 0 Å². The van der Waals surface area contributed by atoms with Crippen LogP contribution in [0.5, 0.6) is 0 Å². The summed E-state index contributed by atoms with van der Waals surface area (Å²) >= 11 is 0. The molecule has 6 nitrogen and oxygen atoms in total. The van der Waals surface area contributed by atoms with Crippen molar-refractivity contribution in [3.63, 3.8) is 0 Å². The SMILES string of the molecule is Cc1cc([C@H]2CCCCN2Cc2cc(-c3cccnc3)no2)no1. The molecular weight excluding hydrogens is 304 g/mol. The molecule has 4 heterocycles. The van der Waals surface area contributed by atoms with Crippen LogP contribution < -0.4 is 0 Å². The minimum Gasteiger partial charge on any atom is -0.361 e. The quantitative estimate of drug-likeness (QED) is 0.728. The fraction of sp³-hybridized carbons (Fsp3) is 0.389. The van der Waals surface area contributed by atoms with E-state index in [2.05, 4.69) is 20.2 Å². The maximum Gasteiger partial charge on any atom is 0.151 e. The Balaban J connectivity index is 1.52. The van der Waals surface area contributed by atoms with Crippen LogP contribution >= 0.6 is 0 Å². The summed E-state index contributed by atoms with van der Waals surface area (Å²) in [5.41, 5.74) is 2.80. The Morgan fingerprint density at radius 1 is 1.21 bits per heavy atom. The van der Waals surface area contributed by atoms with Gasteiger partial charge in [-0.2, -0.15) is 0 Å². The molecule has 24 heavy (non-hydrogen) atoms. The first-order valence-electron chi connectivity index (χ1n) is 8.33. The number of likely N-dealkylation sites (tertiary alicyclic amines) is 1. The van der Waals surface area contributed by atoms with Gasteiger partial charge in [-0.05, 0) is 38.4 Å². The fourth-order valence-electron chi connectivity index (χ4n) is 3.30. The zero-order valence-corrected chi connectivity index (χ0v) is 13.7. The zero-order chi connectivity index (χ0) is 16.4. The number of hydrogen-bond donors (Lipinski definition) is 0. The third-order valence-corrected chi connectivity index (χ3v) is 4.48. The maximum atomic E-state index is 5.55. The number of nitrogens with zero attached hydrogens (tertiary/aromatic N) is 4. The molecule has 1 atom stereocenters. The Hall–Kier alpha value is -2.47. The number of rotatable bonds is 4. The highest BCUT2D eigenvalue weighted by molar-refractivity contribution is 5.57. The van der Waals surface area contributed by atoms with Crippen LogP contribution in [0.4, 0.5) is 0 Å². The van der Waals surface area contributed by atoms with Crippen LogP contribution in [-0.4, -0.2) is 26.7 Å². The lowest BCUT2D eigenvalue weighted by molar-refractivity contribution is 0.120. The first-order chi connectivity index (χ1) is 11.8. The highest BCUT2D eigenvalue weighted by Gasteiger charge is 2.27. The molecule has 0 aliphatic carbocycles. The van der Waals surface area contributed by atoms with Crippen molar-refractivity contribution in [3.05, 3.63) is 53.9 Å². The molecule has 0 amide bonds. The second-order valence-corrected chi connectivity index (χ2v) is 6.26. The fourth-order valence-corrected chi connectivity index (χ4v) is 3.30. The van der Waals surface area contributed by atoms with Crippen molar-refractivity contribution in [2.24, 2.45) is 0 Å². The molecule has 0 N–H and O–H groups in total. The van der Waals surface area contributed by atoms with Crippen LogP contribution in [0.25, 0.3) is 11.3 Å². The van der Waals surface area contributed by atoms with Gasteiger partial charge in [-0.25, -0.2) is 0 Å². The van der Waals surface area contributed by atoms with E-state index in [1.807, 2.05) is 31.2 Å². The van der Waals surface area contributed by atoms with Crippen molar-refractivity contribution in [1.82, 2.24) is 20.2 Å². The van der Waals surface area contributed by atoms with Crippen LogP contribution in [0.2, 0.25) is 0 Å². The molecule has 0 aromatic carbocycles. The Labute approximate surface area is 140 Å². The number of pyridine rings is 1. The molecule has 124 valence electrons. The van der Waals surface area contributed by atoms with Gasteiger partial charge in [-0.1, -0.05) is 16.7 Å². The first kappa shape index (κ1) is 15.1. The van der Waals surface area contributed by atoms with Crippen LogP contribution in [0, 0.1) is 6.92 Å². The van der Waals surface area contributed by atoms with Crippen molar-refractivity contribution in [3.8, 4) is 11.3 Å². The third-order valence-electron chi connectivity index (χ3n) is 4.48. The van der Waals surface area contributed by atoms with Crippen molar-refractivity contribution >= 4 is 0 Å². The summed E-state index contributed by atoms with van der Waals surface area (Å²) in [6, 6.07) is 8.19. The normalized spacial score (nSPS) is 18.8. The lowest BCUT2D eigenvalue weighted by atomic mass is 9.99. The minimum absolute atomic E-state index is 0.281. The Bertz CT molecular complexity index is 796. The molecule has 4 rings (SSSR count). The van der Waals surface area contributed by atoms with E-state index in [-0.39, 0.29) is 6.04 Å². The van der Waals surface area contributed by atoms with E-state index in [0.717, 1.165) is 48.0 Å². The first-order valence-corrected chi connectivity index (χ1v) is 8.33. The molecule has 6 heteroatoms. The number of aromatic nitrogens is 3. The summed E-state index contributed by atoms with van der Waals surface area (Å²) in [6.45, 7) is 3.68. The van der Waals surface area contributed by atoms with Crippen LogP contribution in [0.3, 0.4) is 0 Å². The van der Waals surface area contributed by atoms with Gasteiger partial charge in [-0.3, -0.25) is 9.88 Å². The average molecular weight is 324 g/mol. The minimum atomic E-state index is 0.281. The monoisotopic (exact) mass is 324 g/mol. The van der Waals surface area contributed by atoms with E-state index in [4.69, 9.17) is 9.05 Å². The molecular formula is C18H20N4O2.